The van der Waals surface area contributed by atoms with Crippen molar-refractivity contribution in [2.24, 2.45) is 10.4 Å². The van der Waals surface area contributed by atoms with Gasteiger partial charge in [-0.25, -0.2) is 0 Å². The Balaban J connectivity index is 0.00000364. The second kappa shape index (κ2) is 11.7. The topological polar surface area (TPSA) is 67.8 Å². The molecule has 7 heteroatoms. The highest BCUT2D eigenvalue weighted by Crippen LogP contribution is 2.40. The molecule has 1 aromatic heterocycles. The minimum atomic E-state index is 0. The molecule has 0 aliphatic heterocycles. The number of nitrogens with one attached hydrogen (secondary N) is 2. The summed E-state index contributed by atoms with van der Waals surface area (Å²) in [6.45, 7) is 6.43. The molecule has 1 heterocycles. The van der Waals surface area contributed by atoms with E-state index in [0.29, 0.717) is 12.0 Å². The maximum absolute atomic E-state index is 5.49. The Morgan fingerprint density at radius 3 is 2.52 bits per heavy atom. The van der Waals surface area contributed by atoms with Gasteiger partial charge in [0.2, 0.25) is 0 Å². The molecule has 1 aliphatic rings. The van der Waals surface area contributed by atoms with E-state index in [1.807, 2.05) is 27.1 Å². The van der Waals surface area contributed by atoms with Gasteiger partial charge in [0.25, 0.3) is 0 Å². The van der Waals surface area contributed by atoms with Crippen LogP contribution in [0.4, 0.5) is 0 Å². The number of methoxy groups -OCH3 is 2. The largest absolute Gasteiger partial charge is 0.496 e. The fourth-order valence-corrected chi connectivity index (χ4v) is 3.87. The van der Waals surface area contributed by atoms with E-state index < -0.39 is 0 Å². The zero-order valence-corrected chi connectivity index (χ0v) is 19.7. The summed E-state index contributed by atoms with van der Waals surface area (Å²) in [6, 6.07) is 0. The van der Waals surface area contributed by atoms with Crippen LogP contribution in [0.15, 0.2) is 11.2 Å². The minimum Gasteiger partial charge on any atom is -0.496 e. The van der Waals surface area contributed by atoms with Crippen LogP contribution in [0.1, 0.15) is 48.9 Å². The average Bonchev–Trinajstić information content (AvgIpc) is 3.11. The van der Waals surface area contributed by atoms with Crippen LogP contribution >= 0.6 is 24.0 Å². The Bertz CT molecular complexity index is 616. The monoisotopic (exact) mass is 490 g/mol. The van der Waals surface area contributed by atoms with Gasteiger partial charge < -0.3 is 20.1 Å². The van der Waals surface area contributed by atoms with Crippen molar-refractivity contribution < 1.29 is 9.47 Å². The van der Waals surface area contributed by atoms with E-state index in [1.54, 1.807) is 14.2 Å². The molecule has 2 N–H and O–H groups in total. The predicted molar refractivity (Wildman–Crippen MR) is 121 cm³/mol. The van der Waals surface area contributed by atoms with Gasteiger partial charge >= 0.3 is 0 Å². The number of rotatable bonds is 8. The Kier molecular flexibility index (Phi) is 10.4. The molecule has 0 unspecified atom stereocenters. The smallest absolute Gasteiger partial charge is 0.191 e. The third-order valence-electron chi connectivity index (χ3n) is 5.53. The van der Waals surface area contributed by atoms with E-state index in [0.717, 1.165) is 48.1 Å². The number of hydrogen-bond donors (Lipinski definition) is 2. The lowest BCUT2D eigenvalue weighted by Crippen LogP contribution is -2.43. The van der Waals surface area contributed by atoms with Crippen LogP contribution < -0.4 is 15.4 Å². The first-order valence-electron chi connectivity index (χ1n) is 9.48. The SMILES string of the molecule is CN=C(NCc1ncc(C)c(OC)c1C)NCC1(CCOC)CCCC1.I. The van der Waals surface area contributed by atoms with Crippen LogP contribution in [0, 0.1) is 19.3 Å². The molecule has 154 valence electrons. The number of halogens is 1. The molecule has 1 saturated carbocycles. The van der Waals surface area contributed by atoms with Crippen molar-refractivity contribution in [3.05, 3.63) is 23.0 Å². The first-order chi connectivity index (χ1) is 12.5. The summed E-state index contributed by atoms with van der Waals surface area (Å²) in [5.41, 5.74) is 3.43. The van der Waals surface area contributed by atoms with Crippen molar-refractivity contribution in [3.8, 4) is 5.75 Å². The number of aryl methyl sites for hydroxylation is 1. The molecular formula is C20H35IN4O2. The third-order valence-corrected chi connectivity index (χ3v) is 5.53. The average molecular weight is 490 g/mol. The summed E-state index contributed by atoms with van der Waals surface area (Å²) in [7, 11) is 5.29. The molecule has 2 rings (SSSR count). The Hall–Kier alpha value is -1.09. The van der Waals surface area contributed by atoms with Gasteiger partial charge in [-0.2, -0.15) is 0 Å². The second-order valence-corrected chi connectivity index (χ2v) is 7.28. The van der Waals surface area contributed by atoms with E-state index >= 15 is 0 Å². The lowest BCUT2D eigenvalue weighted by Gasteiger charge is -2.30. The van der Waals surface area contributed by atoms with Gasteiger partial charge in [0.05, 0.1) is 19.3 Å². The van der Waals surface area contributed by atoms with Crippen LogP contribution in [-0.4, -0.2) is 45.4 Å². The number of aromatic nitrogens is 1. The maximum Gasteiger partial charge on any atom is 0.191 e. The summed E-state index contributed by atoms with van der Waals surface area (Å²) >= 11 is 0. The Morgan fingerprint density at radius 2 is 1.93 bits per heavy atom. The standard InChI is InChI=1S/C20H34N4O2.HI/c1-15-12-22-17(16(2)18(15)26-5)13-23-19(21-3)24-14-20(10-11-25-4)8-6-7-9-20;/h12H,6-11,13-14H2,1-5H3,(H2,21,23,24);1H. The lowest BCUT2D eigenvalue weighted by atomic mass is 9.83. The van der Waals surface area contributed by atoms with Crippen molar-refractivity contribution in [3.63, 3.8) is 0 Å². The predicted octanol–water partition coefficient (Wildman–Crippen LogP) is 3.59. The lowest BCUT2D eigenvalue weighted by molar-refractivity contribution is 0.138. The van der Waals surface area contributed by atoms with Gasteiger partial charge in [0, 0.05) is 44.6 Å². The first-order valence-corrected chi connectivity index (χ1v) is 9.48. The van der Waals surface area contributed by atoms with E-state index in [1.165, 1.54) is 25.7 Å². The molecule has 1 aromatic rings. The Morgan fingerprint density at radius 1 is 1.22 bits per heavy atom. The van der Waals surface area contributed by atoms with Gasteiger partial charge in [0.15, 0.2) is 5.96 Å². The fraction of sp³-hybridized carbons (Fsp3) is 0.700. The quantitative estimate of drug-likeness (QED) is 0.331. The number of pyridine rings is 1. The van der Waals surface area contributed by atoms with Crippen molar-refractivity contribution >= 4 is 29.9 Å². The van der Waals surface area contributed by atoms with Crippen molar-refractivity contribution in [2.75, 3.05) is 34.4 Å². The second-order valence-electron chi connectivity index (χ2n) is 7.28. The molecule has 0 radical (unpaired) electrons. The molecule has 6 nitrogen and oxygen atoms in total. The number of hydrogen-bond acceptors (Lipinski definition) is 4. The molecule has 0 spiro atoms. The van der Waals surface area contributed by atoms with E-state index in [-0.39, 0.29) is 24.0 Å². The molecule has 0 bridgehead atoms. The zero-order chi connectivity index (χ0) is 19.0. The van der Waals surface area contributed by atoms with Gasteiger partial charge in [-0.05, 0) is 38.5 Å². The minimum absolute atomic E-state index is 0. The van der Waals surface area contributed by atoms with Crippen LogP contribution in [0.5, 0.6) is 5.75 Å². The van der Waals surface area contributed by atoms with Crippen molar-refractivity contribution in [1.29, 1.82) is 0 Å². The van der Waals surface area contributed by atoms with Gasteiger partial charge in [-0.15, -0.1) is 24.0 Å². The molecule has 1 fully saturated rings. The van der Waals surface area contributed by atoms with E-state index in [4.69, 9.17) is 9.47 Å². The number of ether oxygens (including phenoxy) is 2. The van der Waals surface area contributed by atoms with E-state index in [2.05, 4.69) is 20.6 Å². The van der Waals surface area contributed by atoms with Gasteiger partial charge in [-0.3, -0.25) is 9.98 Å². The van der Waals surface area contributed by atoms with Crippen LogP contribution in [0.3, 0.4) is 0 Å². The number of nitrogens with zero attached hydrogens (tertiary/aromatic N) is 2. The van der Waals surface area contributed by atoms with Crippen LogP contribution in [0.2, 0.25) is 0 Å². The molecule has 0 atom stereocenters. The van der Waals surface area contributed by atoms with Crippen LogP contribution in [0.25, 0.3) is 0 Å². The van der Waals surface area contributed by atoms with E-state index in [9.17, 15) is 0 Å². The summed E-state index contributed by atoms with van der Waals surface area (Å²) < 4.78 is 10.8. The van der Waals surface area contributed by atoms with Crippen molar-refractivity contribution in [2.45, 2.75) is 52.5 Å². The molecule has 0 aromatic carbocycles. The van der Waals surface area contributed by atoms with Crippen LogP contribution in [-0.2, 0) is 11.3 Å². The molecular weight excluding hydrogens is 455 g/mol. The summed E-state index contributed by atoms with van der Waals surface area (Å²) in [5.74, 6) is 1.72. The number of aliphatic imine (C=N–C) groups is 1. The number of guanidine groups is 1. The molecule has 1 aliphatic carbocycles. The van der Waals surface area contributed by atoms with Crippen molar-refractivity contribution in [1.82, 2.24) is 15.6 Å². The summed E-state index contributed by atoms with van der Waals surface area (Å²) in [4.78, 5) is 8.91. The molecule has 0 amide bonds. The highest BCUT2D eigenvalue weighted by Gasteiger charge is 2.33. The highest BCUT2D eigenvalue weighted by atomic mass is 127. The zero-order valence-electron chi connectivity index (χ0n) is 17.4. The molecule has 0 saturated heterocycles. The summed E-state index contributed by atoms with van der Waals surface area (Å²) in [5, 5.41) is 6.90. The van der Waals surface area contributed by atoms with Gasteiger partial charge in [0.1, 0.15) is 5.75 Å². The highest BCUT2D eigenvalue weighted by molar-refractivity contribution is 14.0. The molecule has 27 heavy (non-hydrogen) atoms. The normalized spacial score (nSPS) is 16.0. The summed E-state index contributed by atoms with van der Waals surface area (Å²) in [6.07, 6.45) is 8.10. The maximum atomic E-state index is 5.49. The third kappa shape index (κ3) is 6.48. The Labute approximate surface area is 180 Å². The first kappa shape index (κ1) is 23.9. The van der Waals surface area contributed by atoms with Gasteiger partial charge in [-0.1, -0.05) is 12.8 Å². The fourth-order valence-electron chi connectivity index (χ4n) is 3.87.